The van der Waals surface area contributed by atoms with Gasteiger partial charge in [0, 0.05) is 19.1 Å². The smallest absolute Gasteiger partial charge is 0.239 e. The quantitative estimate of drug-likeness (QED) is 0.793. The molecule has 2 N–H and O–H groups in total. The maximum atomic E-state index is 12.5. The van der Waals surface area contributed by atoms with Gasteiger partial charge in [-0.15, -0.1) is 0 Å². The molecule has 2 saturated heterocycles. The summed E-state index contributed by atoms with van der Waals surface area (Å²) < 4.78 is 0. The van der Waals surface area contributed by atoms with E-state index in [0.29, 0.717) is 5.91 Å². The van der Waals surface area contributed by atoms with Crippen LogP contribution in [0.5, 0.6) is 0 Å². The summed E-state index contributed by atoms with van der Waals surface area (Å²) in [5, 5.41) is 0. The van der Waals surface area contributed by atoms with Crippen LogP contribution in [0.1, 0.15) is 39.0 Å². The molecule has 0 aromatic heterocycles. The van der Waals surface area contributed by atoms with Crippen molar-refractivity contribution in [3.05, 3.63) is 0 Å². The van der Waals surface area contributed by atoms with E-state index in [1.807, 2.05) is 4.90 Å². The second kappa shape index (κ2) is 5.83. The van der Waals surface area contributed by atoms with Gasteiger partial charge in [0.2, 0.25) is 5.91 Å². The molecule has 2 heterocycles. The van der Waals surface area contributed by atoms with E-state index in [0.717, 1.165) is 45.4 Å². The predicted molar refractivity (Wildman–Crippen MR) is 68.7 cm³/mol. The Bertz CT molecular complexity index is 267. The van der Waals surface area contributed by atoms with Gasteiger partial charge in [-0.2, -0.15) is 0 Å². The van der Waals surface area contributed by atoms with Gasteiger partial charge in [-0.05, 0) is 38.8 Å². The number of hydrogen-bond acceptors (Lipinski definition) is 3. The van der Waals surface area contributed by atoms with E-state index in [9.17, 15) is 4.79 Å². The van der Waals surface area contributed by atoms with Crippen LogP contribution in [0.2, 0.25) is 0 Å². The number of likely N-dealkylation sites (tertiary alicyclic amines) is 2. The molecule has 2 rings (SSSR count). The molecule has 4 nitrogen and oxygen atoms in total. The van der Waals surface area contributed by atoms with E-state index in [1.165, 1.54) is 12.8 Å². The van der Waals surface area contributed by atoms with E-state index in [1.54, 1.807) is 0 Å². The Morgan fingerprint density at radius 3 is 2.76 bits per heavy atom. The minimum absolute atomic E-state index is 0.133. The van der Waals surface area contributed by atoms with Crippen LogP contribution in [0.3, 0.4) is 0 Å². The van der Waals surface area contributed by atoms with E-state index in [2.05, 4.69) is 11.8 Å². The van der Waals surface area contributed by atoms with Gasteiger partial charge >= 0.3 is 0 Å². The first-order valence-electron chi connectivity index (χ1n) is 7.00. The summed E-state index contributed by atoms with van der Waals surface area (Å²) in [6.45, 7) is 5.94. The van der Waals surface area contributed by atoms with Gasteiger partial charge in [-0.25, -0.2) is 0 Å². The van der Waals surface area contributed by atoms with Crippen LogP contribution in [0, 0.1) is 0 Å². The lowest BCUT2D eigenvalue weighted by molar-refractivity contribution is -0.137. The van der Waals surface area contributed by atoms with Crippen LogP contribution < -0.4 is 5.73 Å². The highest BCUT2D eigenvalue weighted by molar-refractivity contribution is 5.82. The third-order valence-electron chi connectivity index (χ3n) is 3.95. The number of amides is 1. The fraction of sp³-hybridized carbons (Fsp3) is 0.923. The Kier molecular flexibility index (Phi) is 4.40. The highest BCUT2D eigenvalue weighted by Gasteiger charge is 2.33. The molecule has 2 atom stereocenters. The van der Waals surface area contributed by atoms with Crippen molar-refractivity contribution >= 4 is 5.91 Å². The van der Waals surface area contributed by atoms with Crippen molar-refractivity contribution in [1.29, 1.82) is 0 Å². The van der Waals surface area contributed by atoms with Gasteiger partial charge in [0.25, 0.3) is 0 Å². The van der Waals surface area contributed by atoms with Crippen LogP contribution in [0.25, 0.3) is 0 Å². The topological polar surface area (TPSA) is 49.6 Å². The highest BCUT2D eigenvalue weighted by atomic mass is 16.2. The lowest BCUT2D eigenvalue weighted by Crippen LogP contribution is -2.50. The molecule has 0 aromatic rings. The first-order valence-corrected chi connectivity index (χ1v) is 7.00. The van der Waals surface area contributed by atoms with Crippen molar-refractivity contribution in [1.82, 2.24) is 9.80 Å². The van der Waals surface area contributed by atoms with Crippen LogP contribution in [-0.4, -0.2) is 54.0 Å². The van der Waals surface area contributed by atoms with Gasteiger partial charge in [0.15, 0.2) is 0 Å². The zero-order chi connectivity index (χ0) is 12.3. The summed E-state index contributed by atoms with van der Waals surface area (Å²) in [4.78, 5) is 16.8. The Labute approximate surface area is 104 Å². The predicted octanol–water partition coefficient (Wildman–Crippen LogP) is 0.811. The maximum absolute atomic E-state index is 12.5. The number of piperidine rings is 1. The molecule has 98 valence electrons. The third kappa shape index (κ3) is 2.99. The van der Waals surface area contributed by atoms with Crippen molar-refractivity contribution in [3.63, 3.8) is 0 Å². The zero-order valence-corrected chi connectivity index (χ0v) is 10.9. The first kappa shape index (κ1) is 12.8. The molecule has 1 unspecified atom stereocenters. The summed E-state index contributed by atoms with van der Waals surface area (Å²) in [5.41, 5.74) is 5.88. The molecule has 0 saturated carbocycles. The fourth-order valence-corrected chi connectivity index (χ4v) is 3.02. The molecule has 0 radical (unpaired) electrons. The van der Waals surface area contributed by atoms with Gasteiger partial charge in [-0.1, -0.05) is 13.3 Å². The molecule has 1 amide bonds. The van der Waals surface area contributed by atoms with Crippen LogP contribution in [0.4, 0.5) is 0 Å². The second-order valence-corrected chi connectivity index (χ2v) is 5.38. The van der Waals surface area contributed by atoms with Gasteiger partial charge in [0.05, 0.1) is 6.04 Å². The normalized spacial score (nSPS) is 30.8. The van der Waals surface area contributed by atoms with Crippen molar-refractivity contribution < 1.29 is 4.79 Å². The molecule has 2 aliphatic rings. The zero-order valence-electron chi connectivity index (χ0n) is 10.9. The number of carbonyl (C=O) groups excluding carboxylic acids is 1. The van der Waals surface area contributed by atoms with Crippen molar-refractivity contribution in [2.45, 2.75) is 51.1 Å². The summed E-state index contributed by atoms with van der Waals surface area (Å²) in [6, 6.07) is 0.330. The fourth-order valence-electron chi connectivity index (χ4n) is 3.02. The maximum Gasteiger partial charge on any atom is 0.239 e. The third-order valence-corrected chi connectivity index (χ3v) is 3.95. The minimum atomic E-state index is 0.133. The van der Waals surface area contributed by atoms with Crippen molar-refractivity contribution in [2.75, 3.05) is 26.2 Å². The molecule has 0 spiro atoms. The van der Waals surface area contributed by atoms with E-state index in [-0.39, 0.29) is 12.1 Å². The van der Waals surface area contributed by atoms with Crippen LogP contribution in [-0.2, 0) is 4.79 Å². The average molecular weight is 239 g/mol. The number of nitrogens with zero attached hydrogens (tertiary/aromatic N) is 2. The number of nitrogens with two attached hydrogens (primary N) is 1. The summed E-state index contributed by atoms with van der Waals surface area (Å²) in [5.74, 6) is 0.325. The van der Waals surface area contributed by atoms with Gasteiger partial charge in [-0.3, -0.25) is 9.69 Å². The summed E-state index contributed by atoms with van der Waals surface area (Å²) in [6.07, 6.45) is 5.56. The molecule has 0 aliphatic carbocycles. The molecule has 4 heteroatoms. The molecule has 17 heavy (non-hydrogen) atoms. The lowest BCUT2D eigenvalue weighted by Gasteiger charge is -2.36. The second-order valence-electron chi connectivity index (χ2n) is 5.38. The van der Waals surface area contributed by atoms with Crippen molar-refractivity contribution in [3.8, 4) is 0 Å². The lowest BCUT2D eigenvalue weighted by atomic mass is 10.0. The molecular weight excluding hydrogens is 214 g/mol. The average Bonchev–Trinajstić information content (AvgIpc) is 2.76. The standard InChI is InChI=1S/C13H25N3O/c1-2-7-15-8-4-3-5-12(15)13(17)16-9-6-11(14)10-16/h11-12H,2-10,14H2,1H3/t11-,12?/m1/s1. The summed E-state index contributed by atoms with van der Waals surface area (Å²) >= 11 is 0. The van der Waals surface area contributed by atoms with Gasteiger partial charge < -0.3 is 10.6 Å². The number of rotatable bonds is 3. The Morgan fingerprint density at radius 2 is 2.12 bits per heavy atom. The Balaban J connectivity index is 1.95. The number of carbonyl (C=O) groups is 1. The number of hydrogen-bond donors (Lipinski definition) is 1. The first-order chi connectivity index (χ1) is 8.22. The Hall–Kier alpha value is -0.610. The van der Waals surface area contributed by atoms with Crippen LogP contribution >= 0.6 is 0 Å². The van der Waals surface area contributed by atoms with Gasteiger partial charge in [0.1, 0.15) is 0 Å². The molecule has 0 bridgehead atoms. The molecule has 2 aliphatic heterocycles. The highest BCUT2D eigenvalue weighted by Crippen LogP contribution is 2.21. The summed E-state index contributed by atoms with van der Waals surface area (Å²) in [7, 11) is 0. The van der Waals surface area contributed by atoms with Crippen molar-refractivity contribution in [2.24, 2.45) is 5.73 Å². The Morgan fingerprint density at radius 1 is 1.29 bits per heavy atom. The minimum Gasteiger partial charge on any atom is -0.340 e. The van der Waals surface area contributed by atoms with E-state index >= 15 is 0 Å². The van der Waals surface area contributed by atoms with E-state index in [4.69, 9.17) is 5.73 Å². The van der Waals surface area contributed by atoms with E-state index < -0.39 is 0 Å². The SMILES string of the molecule is CCCN1CCCCC1C(=O)N1CC[C@@H](N)C1. The molecular formula is C13H25N3O. The molecule has 2 fully saturated rings. The molecule has 0 aromatic carbocycles. The van der Waals surface area contributed by atoms with Crippen LogP contribution in [0.15, 0.2) is 0 Å². The monoisotopic (exact) mass is 239 g/mol. The largest absolute Gasteiger partial charge is 0.340 e.